The van der Waals surface area contributed by atoms with Gasteiger partial charge in [-0.2, -0.15) is 0 Å². The average Bonchev–Trinajstić information content (AvgIpc) is 3.16. The molecule has 9 heteroatoms. The Morgan fingerprint density at radius 1 is 0.938 bits per heavy atom. The zero-order valence-electron chi connectivity index (χ0n) is 16.8. The van der Waals surface area contributed by atoms with Crippen LogP contribution in [0.5, 0.6) is 0 Å². The highest BCUT2D eigenvalue weighted by atomic mass is 19.1. The van der Waals surface area contributed by atoms with Crippen molar-refractivity contribution >= 4 is 17.3 Å². The summed E-state index contributed by atoms with van der Waals surface area (Å²) in [6.45, 7) is 0. The molecule has 2 aromatic carbocycles. The number of amides is 1. The van der Waals surface area contributed by atoms with Crippen LogP contribution in [0.15, 0.2) is 48.8 Å². The lowest BCUT2D eigenvalue weighted by Crippen LogP contribution is -2.22. The third-order valence-electron chi connectivity index (χ3n) is 5.45. The van der Waals surface area contributed by atoms with Crippen LogP contribution in [-0.4, -0.2) is 23.0 Å². The van der Waals surface area contributed by atoms with E-state index in [1.54, 1.807) is 6.07 Å². The van der Waals surface area contributed by atoms with Gasteiger partial charge in [0, 0.05) is 18.3 Å². The minimum absolute atomic E-state index is 0.0953. The molecule has 1 aliphatic rings. The zero-order valence-corrected chi connectivity index (χ0v) is 16.8. The van der Waals surface area contributed by atoms with E-state index in [9.17, 15) is 18.0 Å². The Bertz CT molecular complexity index is 1150. The predicted molar refractivity (Wildman–Crippen MR) is 113 cm³/mol. The summed E-state index contributed by atoms with van der Waals surface area (Å²) in [4.78, 5) is 16.8. The number of hydrogen-bond acceptors (Lipinski definition) is 4. The number of hydrogen-bond donors (Lipinski definition) is 3. The summed E-state index contributed by atoms with van der Waals surface area (Å²) in [5, 5.41) is 5.82. The molecule has 3 aromatic rings. The Kier molecular flexibility index (Phi) is 6.09. The van der Waals surface area contributed by atoms with E-state index in [1.165, 1.54) is 12.4 Å². The number of pyridine rings is 1. The number of carbonyl (C=O) groups excluding carboxylic acids is 1. The van der Waals surface area contributed by atoms with Gasteiger partial charge in [-0.15, -0.1) is 0 Å². The average molecular weight is 444 g/mol. The maximum atomic E-state index is 15.1. The van der Waals surface area contributed by atoms with Gasteiger partial charge in [-0.05, 0) is 49.6 Å². The highest BCUT2D eigenvalue weighted by Crippen LogP contribution is 2.33. The van der Waals surface area contributed by atoms with Crippen molar-refractivity contribution in [3.63, 3.8) is 0 Å². The van der Waals surface area contributed by atoms with E-state index >= 15 is 4.39 Å². The van der Waals surface area contributed by atoms with Crippen LogP contribution in [0.4, 0.5) is 28.9 Å². The minimum atomic E-state index is -1.37. The third-order valence-corrected chi connectivity index (χ3v) is 5.45. The molecule has 1 fully saturated rings. The summed E-state index contributed by atoms with van der Waals surface area (Å²) < 4.78 is 57.8. The molecule has 32 heavy (non-hydrogen) atoms. The summed E-state index contributed by atoms with van der Waals surface area (Å²) in [7, 11) is 0. The first-order valence-electron chi connectivity index (χ1n) is 10.0. The van der Waals surface area contributed by atoms with Gasteiger partial charge in [-0.1, -0.05) is 6.07 Å². The highest BCUT2D eigenvalue weighted by Gasteiger charge is 2.26. The molecule has 5 nitrogen and oxygen atoms in total. The number of halogens is 4. The van der Waals surface area contributed by atoms with Gasteiger partial charge < -0.3 is 16.4 Å². The van der Waals surface area contributed by atoms with E-state index in [0.717, 1.165) is 49.6 Å². The smallest absolute Gasteiger partial charge is 0.258 e. The Balaban J connectivity index is 1.64. The van der Waals surface area contributed by atoms with E-state index in [-0.39, 0.29) is 17.8 Å². The van der Waals surface area contributed by atoms with Crippen molar-refractivity contribution in [1.82, 2.24) is 4.98 Å². The largest absolute Gasteiger partial charge is 0.380 e. The number of nitrogens with two attached hydrogens (primary N) is 1. The normalized spacial score (nSPS) is 17.9. The number of carbonyl (C=O) groups is 1. The summed E-state index contributed by atoms with van der Waals surface area (Å²) in [5.41, 5.74) is 4.39. The molecule has 1 amide bonds. The van der Waals surface area contributed by atoms with Gasteiger partial charge in [0.15, 0.2) is 0 Å². The van der Waals surface area contributed by atoms with Crippen LogP contribution in [0, 0.1) is 23.3 Å². The molecular weight excluding hydrogens is 424 g/mol. The van der Waals surface area contributed by atoms with E-state index in [0.29, 0.717) is 5.69 Å². The molecule has 4 N–H and O–H groups in total. The molecule has 0 aliphatic heterocycles. The molecule has 4 rings (SSSR count). The van der Waals surface area contributed by atoms with Crippen molar-refractivity contribution in [2.45, 2.75) is 31.3 Å². The summed E-state index contributed by atoms with van der Waals surface area (Å²) >= 11 is 0. The molecule has 0 bridgehead atoms. The SMILES string of the molecule is N[C@H]1CC[C@H](Nc2ccncc2NC(=O)c2ccc(F)c(-c3c(F)cccc3F)c2F)C1. The van der Waals surface area contributed by atoms with Crippen LogP contribution in [-0.2, 0) is 0 Å². The van der Waals surface area contributed by atoms with Crippen LogP contribution in [0.2, 0.25) is 0 Å². The van der Waals surface area contributed by atoms with Crippen LogP contribution in [0.25, 0.3) is 11.1 Å². The van der Waals surface area contributed by atoms with Crippen molar-refractivity contribution in [3.8, 4) is 11.1 Å². The van der Waals surface area contributed by atoms with Gasteiger partial charge in [0.1, 0.15) is 23.3 Å². The van der Waals surface area contributed by atoms with Crippen molar-refractivity contribution < 1.29 is 22.4 Å². The highest BCUT2D eigenvalue weighted by molar-refractivity contribution is 6.06. The Morgan fingerprint density at radius 2 is 1.66 bits per heavy atom. The number of nitrogens with zero attached hydrogens (tertiary/aromatic N) is 1. The van der Waals surface area contributed by atoms with E-state index < -0.39 is 45.9 Å². The Labute approximate surface area is 181 Å². The summed E-state index contributed by atoms with van der Waals surface area (Å²) in [6, 6.07) is 6.41. The Morgan fingerprint density at radius 3 is 2.34 bits per heavy atom. The van der Waals surface area contributed by atoms with Gasteiger partial charge in [0.05, 0.1) is 34.3 Å². The summed E-state index contributed by atoms with van der Waals surface area (Å²) in [6.07, 6.45) is 5.42. The molecule has 166 valence electrons. The molecule has 0 spiro atoms. The molecule has 1 aromatic heterocycles. The molecule has 0 saturated heterocycles. The third kappa shape index (κ3) is 4.29. The first-order chi connectivity index (χ1) is 15.3. The number of nitrogens with one attached hydrogen (secondary N) is 2. The van der Waals surface area contributed by atoms with Crippen LogP contribution < -0.4 is 16.4 Å². The monoisotopic (exact) mass is 444 g/mol. The molecular formula is C23H20F4N4O. The van der Waals surface area contributed by atoms with Crippen LogP contribution in [0.3, 0.4) is 0 Å². The molecule has 1 aliphatic carbocycles. The molecule has 1 saturated carbocycles. The Hall–Kier alpha value is -3.46. The van der Waals surface area contributed by atoms with E-state index in [4.69, 9.17) is 5.73 Å². The lowest BCUT2D eigenvalue weighted by Gasteiger charge is -2.18. The van der Waals surface area contributed by atoms with Gasteiger partial charge in [-0.25, -0.2) is 17.6 Å². The first kappa shape index (κ1) is 21.8. The van der Waals surface area contributed by atoms with Gasteiger partial charge in [0.25, 0.3) is 5.91 Å². The quantitative estimate of drug-likeness (QED) is 0.492. The fourth-order valence-electron chi connectivity index (χ4n) is 3.87. The standard InChI is InChI=1S/C23H20F4N4O/c24-15-2-1-3-16(25)20(15)21-17(26)7-6-14(22(21)27)23(32)31-19-11-29-9-8-18(19)30-13-5-4-12(28)10-13/h1-3,6-9,11-13H,4-5,10,28H2,(H,29,30)(H,31,32)/t12-,13-/m0/s1. The number of benzene rings is 2. The fraction of sp³-hybridized carbons (Fsp3) is 0.217. The molecule has 2 atom stereocenters. The van der Waals surface area contributed by atoms with Crippen molar-refractivity contribution in [1.29, 1.82) is 0 Å². The topological polar surface area (TPSA) is 80.0 Å². The second-order valence-electron chi connectivity index (χ2n) is 7.67. The van der Waals surface area contributed by atoms with Crippen molar-refractivity contribution in [3.05, 3.63) is 77.6 Å². The lowest BCUT2D eigenvalue weighted by molar-refractivity contribution is 0.102. The fourth-order valence-corrected chi connectivity index (χ4v) is 3.87. The van der Waals surface area contributed by atoms with Crippen LogP contribution >= 0.6 is 0 Å². The molecule has 0 radical (unpaired) electrons. The second-order valence-corrected chi connectivity index (χ2v) is 7.67. The minimum Gasteiger partial charge on any atom is -0.380 e. The summed E-state index contributed by atoms with van der Waals surface area (Å²) in [5.74, 6) is -5.77. The van der Waals surface area contributed by atoms with Gasteiger partial charge in [0.2, 0.25) is 0 Å². The number of anilines is 2. The second kappa shape index (κ2) is 8.96. The molecule has 0 unspecified atom stereocenters. The van der Waals surface area contributed by atoms with E-state index in [2.05, 4.69) is 15.6 Å². The lowest BCUT2D eigenvalue weighted by atomic mass is 9.99. The maximum Gasteiger partial charge on any atom is 0.258 e. The maximum absolute atomic E-state index is 15.1. The number of rotatable bonds is 5. The van der Waals surface area contributed by atoms with Crippen molar-refractivity contribution in [2.75, 3.05) is 10.6 Å². The predicted octanol–water partition coefficient (Wildman–Crippen LogP) is 4.85. The zero-order chi connectivity index (χ0) is 22.8. The van der Waals surface area contributed by atoms with Crippen LogP contribution in [0.1, 0.15) is 29.6 Å². The van der Waals surface area contributed by atoms with Gasteiger partial charge >= 0.3 is 0 Å². The first-order valence-corrected chi connectivity index (χ1v) is 10.0. The van der Waals surface area contributed by atoms with E-state index in [1.807, 2.05) is 0 Å². The van der Waals surface area contributed by atoms with Crippen molar-refractivity contribution in [2.24, 2.45) is 5.73 Å². The molecule has 1 heterocycles. The van der Waals surface area contributed by atoms with Gasteiger partial charge in [-0.3, -0.25) is 9.78 Å². The number of aromatic nitrogens is 1.